The molecule has 0 radical (unpaired) electrons. The van der Waals surface area contributed by atoms with E-state index in [2.05, 4.69) is 22.6 Å². The molecule has 0 aliphatic rings. The average molecular weight is 369 g/mol. The van der Waals surface area contributed by atoms with Gasteiger partial charge in [0.05, 0.1) is 6.04 Å². The second-order valence-electron chi connectivity index (χ2n) is 4.93. The van der Waals surface area contributed by atoms with Crippen molar-refractivity contribution in [3.8, 4) is 0 Å². The van der Waals surface area contributed by atoms with Gasteiger partial charge in [0.2, 0.25) is 0 Å². The molecule has 2 aromatic carbocycles. The molecule has 0 spiro atoms. The predicted molar refractivity (Wildman–Crippen MR) is 85.8 cm³/mol. The van der Waals surface area contributed by atoms with E-state index >= 15 is 0 Å². The van der Waals surface area contributed by atoms with Crippen LogP contribution in [0, 0.1) is 30.2 Å². The van der Waals surface area contributed by atoms with E-state index in [4.69, 9.17) is 5.73 Å². The first-order valence-corrected chi connectivity index (χ1v) is 7.27. The maximum absolute atomic E-state index is 14.2. The summed E-state index contributed by atoms with van der Waals surface area (Å²) in [6.45, 7) is 5.84. The van der Waals surface area contributed by atoms with E-state index in [1.165, 1.54) is 5.56 Å². The fourth-order valence-electron chi connectivity index (χ4n) is 2.39. The smallest absolute Gasteiger partial charge is 0.128 e. The lowest BCUT2D eigenvalue weighted by atomic mass is 9.93. The number of hydrogen-bond donors (Lipinski definition) is 1. The molecule has 0 saturated heterocycles. The predicted octanol–water partition coefficient (Wildman–Crippen LogP) is 4.40. The summed E-state index contributed by atoms with van der Waals surface area (Å²) in [5.41, 5.74) is 10.9. The third kappa shape index (κ3) is 2.82. The molecule has 0 aliphatic heterocycles. The minimum atomic E-state index is -0.424. The highest BCUT2D eigenvalue weighted by Gasteiger charge is 2.19. The van der Waals surface area contributed by atoms with Crippen molar-refractivity contribution in [1.29, 1.82) is 0 Å². The summed E-state index contributed by atoms with van der Waals surface area (Å²) in [4.78, 5) is 0. The standard InChI is InChI=1S/C16H17FIN/c1-9-7-11(3)14(13(17)8-9)16(19)12-6-4-5-10(2)15(12)18/h4-8,16H,19H2,1-3H3. The zero-order valence-electron chi connectivity index (χ0n) is 11.3. The van der Waals surface area contributed by atoms with Crippen molar-refractivity contribution in [3.63, 3.8) is 0 Å². The second kappa shape index (κ2) is 5.59. The zero-order valence-corrected chi connectivity index (χ0v) is 13.5. The Morgan fingerprint density at radius 3 is 2.42 bits per heavy atom. The van der Waals surface area contributed by atoms with Gasteiger partial charge in [-0.2, -0.15) is 0 Å². The van der Waals surface area contributed by atoms with Crippen LogP contribution in [-0.2, 0) is 0 Å². The first kappa shape index (κ1) is 14.5. The molecule has 2 N–H and O–H groups in total. The molecule has 1 unspecified atom stereocenters. The zero-order chi connectivity index (χ0) is 14.2. The molecule has 0 fully saturated rings. The summed E-state index contributed by atoms with van der Waals surface area (Å²) in [7, 11) is 0. The number of benzene rings is 2. The minimum Gasteiger partial charge on any atom is -0.320 e. The first-order chi connectivity index (χ1) is 8.91. The van der Waals surface area contributed by atoms with E-state index in [-0.39, 0.29) is 5.82 Å². The van der Waals surface area contributed by atoms with E-state index in [0.717, 1.165) is 20.3 Å². The van der Waals surface area contributed by atoms with Crippen molar-refractivity contribution < 1.29 is 4.39 Å². The monoisotopic (exact) mass is 369 g/mol. The van der Waals surface area contributed by atoms with Gasteiger partial charge in [-0.05, 0) is 71.7 Å². The Morgan fingerprint density at radius 2 is 1.79 bits per heavy atom. The lowest BCUT2D eigenvalue weighted by Gasteiger charge is -2.19. The Balaban J connectivity index is 2.56. The Morgan fingerprint density at radius 1 is 1.11 bits per heavy atom. The molecule has 0 aromatic heterocycles. The van der Waals surface area contributed by atoms with Crippen LogP contribution in [0.3, 0.4) is 0 Å². The fraction of sp³-hybridized carbons (Fsp3) is 0.250. The van der Waals surface area contributed by atoms with Crippen molar-refractivity contribution in [2.75, 3.05) is 0 Å². The Kier molecular flexibility index (Phi) is 4.26. The maximum Gasteiger partial charge on any atom is 0.128 e. The minimum absolute atomic E-state index is 0.220. The Bertz CT molecular complexity index is 599. The lowest BCUT2D eigenvalue weighted by molar-refractivity contribution is 0.595. The van der Waals surface area contributed by atoms with Gasteiger partial charge in [0.1, 0.15) is 5.82 Å². The largest absolute Gasteiger partial charge is 0.320 e. The molecule has 19 heavy (non-hydrogen) atoms. The van der Waals surface area contributed by atoms with Crippen LogP contribution >= 0.6 is 22.6 Å². The number of nitrogens with two attached hydrogens (primary N) is 1. The summed E-state index contributed by atoms with van der Waals surface area (Å²) < 4.78 is 15.3. The summed E-state index contributed by atoms with van der Waals surface area (Å²) in [5, 5.41) is 0. The molecular formula is C16H17FIN. The molecule has 0 heterocycles. The van der Waals surface area contributed by atoms with Crippen molar-refractivity contribution in [1.82, 2.24) is 0 Å². The van der Waals surface area contributed by atoms with Gasteiger partial charge in [0.15, 0.2) is 0 Å². The molecule has 0 amide bonds. The Hall–Kier alpha value is -0.940. The van der Waals surface area contributed by atoms with Crippen molar-refractivity contribution in [2.24, 2.45) is 5.73 Å². The van der Waals surface area contributed by atoms with Gasteiger partial charge >= 0.3 is 0 Å². The van der Waals surface area contributed by atoms with Crippen molar-refractivity contribution >= 4 is 22.6 Å². The van der Waals surface area contributed by atoms with Crippen LogP contribution in [-0.4, -0.2) is 0 Å². The summed E-state index contributed by atoms with van der Waals surface area (Å²) in [6, 6.07) is 9.07. The third-order valence-corrected chi connectivity index (χ3v) is 4.82. The van der Waals surface area contributed by atoms with Crippen LogP contribution in [0.4, 0.5) is 4.39 Å². The Labute approximate surface area is 127 Å². The summed E-state index contributed by atoms with van der Waals surface area (Å²) in [6.07, 6.45) is 0. The molecule has 2 rings (SSSR count). The van der Waals surface area contributed by atoms with Gasteiger partial charge in [0.25, 0.3) is 0 Å². The molecule has 0 saturated carbocycles. The molecule has 0 aliphatic carbocycles. The summed E-state index contributed by atoms with van der Waals surface area (Å²) in [5.74, 6) is -0.220. The van der Waals surface area contributed by atoms with E-state index in [0.29, 0.717) is 5.56 Å². The number of aryl methyl sites for hydroxylation is 3. The molecule has 2 aromatic rings. The van der Waals surface area contributed by atoms with Crippen LogP contribution < -0.4 is 5.73 Å². The van der Waals surface area contributed by atoms with E-state index < -0.39 is 6.04 Å². The maximum atomic E-state index is 14.2. The fourth-order valence-corrected chi connectivity index (χ4v) is 3.08. The molecule has 1 atom stereocenters. The van der Waals surface area contributed by atoms with E-state index in [1.807, 2.05) is 45.0 Å². The topological polar surface area (TPSA) is 26.0 Å². The first-order valence-electron chi connectivity index (χ1n) is 6.19. The van der Waals surface area contributed by atoms with Crippen LogP contribution in [0.5, 0.6) is 0 Å². The van der Waals surface area contributed by atoms with Gasteiger partial charge in [0, 0.05) is 9.13 Å². The SMILES string of the molecule is Cc1cc(C)c(C(N)c2cccc(C)c2I)c(F)c1. The van der Waals surface area contributed by atoms with Gasteiger partial charge in [-0.15, -0.1) is 0 Å². The van der Waals surface area contributed by atoms with Gasteiger partial charge < -0.3 is 5.73 Å². The van der Waals surface area contributed by atoms with Crippen LogP contribution in [0.25, 0.3) is 0 Å². The highest BCUT2D eigenvalue weighted by molar-refractivity contribution is 14.1. The highest BCUT2D eigenvalue weighted by Crippen LogP contribution is 2.30. The van der Waals surface area contributed by atoms with Gasteiger partial charge in [-0.25, -0.2) is 4.39 Å². The molecule has 1 nitrogen and oxygen atoms in total. The van der Waals surface area contributed by atoms with Crippen molar-refractivity contribution in [3.05, 3.63) is 67.5 Å². The summed E-state index contributed by atoms with van der Waals surface area (Å²) >= 11 is 2.27. The van der Waals surface area contributed by atoms with E-state index in [1.54, 1.807) is 6.07 Å². The molecule has 100 valence electrons. The number of rotatable bonds is 2. The normalized spacial score (nSPS) is 12.5. The quantitative estimate of drug-likeness (QED) is 0.780. The number of hydrogen-bond acceptors (Lipinski definition) is 1. The van der Waals surface area contributed by atoms with E-state index in [9.17, 15) is 4.39 Å². The molecule has 3 heteroatoms. The second-order valence-corrected chi connectivity index (χ2v) is 6.01. The van der Waals surface area contributed by atoms with Crippen LogP contribution in [0.15, 0.2) is 30.3 Å². The number of halogens is 2. The van der Waals surface area contributed by atoms with Crippen LogP contribution in [0.2, 0.25) is 0 Å². The molecular weight excluding hydrogens is 352 g/mol. The highest BCUT2D eigenvalue weighted by atomic mass is 127. The van der Waals surface area contributed by atoms with Crippen molar-refractivity contribution in [2.45, 2.75) is 26.8 Å². The molecule has 0 bridgehead atoms. The van der Waals surface area contributed by atoms with Crippen LogP contribution in [0.1, 0.15) is 33.9 Å². The average Bonchev–Trinajstić information content (AvgIpc) is 2.31. The lowest BCUT2D eigenvalue weighted by Crippen LogP contribution is -2.17. The van der Waals surface area contributed by atoms with Gasteiger partial charge in [-0.1, -0.05) is 24.3 Å². The van der Waals surface area contributed by atoms with Gasteiger partial charge in [-0.3, -0.25) is 0 Å². The third-order valence-electron chi connectivity index (χ3n) is 3.35.